The molecule has 1 heterocycles. The molecule has 0 radical (unpaired) electrons. The second kappa shape index (κ2) is 7.30. The molecule has 0 unspecified atom stereocenters. The molecule has 26 heavy (non-hydrogen) atoms. The molecule has 134 valence electrons. The first-order chi connectivity index (χ1) is 12.4. The lowest BCUT2D eigenvalue weighted by molar-refractivity contribution is 0.141. The molecule has 0 spiro atoms. The molecule has 0 atom stereocenters. The van der Waals surface area contributed by atoms with Gasteiger partial charge in [-0.05, 0) is 23.8 Å². The first-order valence-electron chi connectivity index (χ1n) is 7.59. The van der Waals surface area contributed by atoms with E-state index in [9.17, 15) is 18.0 Å². The summed E-state index contributed by atoms with van der Waals surface area (Å²) in [4.78, 5) is 12.1. The Morgan fingerprint density at radius 2 is 1.96 bits per heavy atom. The minimum Gasteiger partial charge on any atom is -0.406 e. The number of halogens is 3. The average molecular weight is 361 g/mol. The number of para-hydroxylation sites is 1. The Balaban J connectivity index is 1.83. The van der Waals surface area contributed by atoms with E-state index in [1.807, 2.05) is 0 Å². The SMILES string of the molecule is Cn1cc(OC(=O)Nc2ccccc2-c2cccc(F)c2)c(C(F)F)n1. The molecule has 0 saturated carbocycles. The summed E-state index contributed by atoms with van der Waals surface area (Å²) in [6.07, 6.45) is -2.65. The fraction of sp³-hybridized carbons (Fsp3) is 0.111. The Hall–Kier alpha value is -3.29. The molecule has 3 aromatic rings. The number of nitrogens with one attached hydrogen (secondary N) is 1. The van der Waals surface area contributed by atoms with Crippen molar-refractivity contribution in [2.75, 3.05) is 5.32 Å². The molecule has 0 saturated heterocycles. The number of ether oxygens (including phenoxy) is 1. The summed E-state index contributed by atoms with van der Waals surface area (Å²) in [6, 6.07) is 12.6. The van der Waals surface area contributed by atoms with Crippen molar-refractivity contribution in [2.45, 2.75) is 6.43 Å². The molecule has 8 heteroatoms. The van der Waals surface area contributed by atoms with Crippen LogP contribution in [0.1, 0.15) is 12.1 Å². The van der Waals surface area contributed by atoms with Crippen LogP contribution in [0.3, 0.4) is 0 Å². The first-order valence-corrected chi connectivity index (χ1v) is 7.59. The van der Waals surface area contributed by atoms with E-state index in [1.54, 1.807) is 36.4 Å². The molecule has 5 nitrogen and oxygen atoms in total. The predicted molar refractivity (Wildman–Crippen MR) is 89.6 cm³/mol. The van der Waals surface area contributed by atoms with Gasteiger partial charge in [0.05, 0.1) is 11.9 Å². The molecule has 0 aliphatic carbocycles. The maximum Gasteiger partial charge on any atom is 0.417 e. The highest BCUT2D eigenvalue weighted by molar-refractivity contribution is 5.92. The maximum absolute atomic E-state index is 13.5. The van der Waals surface area contributed by atoms with E-state index in [4.69, 9.17) is 4.74 Å². The normalized spacial score (nSPS) is 10.8. The van der Waals surface area contributed by atoms with Crippen molar-refractivity contribution in [1.82, 2.24) is 9.78 Å². The quantitative estimate of drug-likeness (QED) is 0.728. The van der Waals surface area contributed by atoms with Gasteiger partial charge in [-0.3, -0.25) is 10.00 Å². The van der Waals surface area contributed by atoms with Crippen LogP contribution in [0, 0.1) is 5.82 Å². The summed E-state index contributed by atoms with van der Waals surface area (Å²) in [7, 11) is 1.44. The number of hydrogen-bond acceptors (Lipinski definition) is 3. The van der Waals surface area contributed by atoms with Crippen LogP contribution in [0.15, 0.2) is 54.7 Å². The molecule has 2 aromatic carbocycles. The van der Waals surface area contributed by atoms with E-state index in [0.717, 1.165) is 4.68 Å². The molecular formula is C18H14F3N3O2. The van der Waals surface area contributed by atoms with Gasteiger partial charge in [0.2, 0.25) is 0 Å². The minimum atomic E-state index is -2.88. The monoisotopic (exact) mass is 361 g/mol. The number of carbonyl (C=O) groups is 1. The lowest BCUT2D eigenvalue weighted by Crippen LogP contribution is -2.17. The zero-order chi connectivity index (χ0) is 18.7. The van der Waals surface area contributed by atoms with E-state index in [1.165, 1.54) is 25.4 Å². The number of carbonyl (C=O) groups excluding carboxylic acids is 1. The third-order valence-electron chi connectivity index (χ3n) is 3.53. The van der Waals surface area contributed by atoms with Crippen LogP contribution in [-0.4, -0.2) is 15.9 Å². The number of alkyl halides is 2. The third kappa shape index (κ3) is 3.85. The van der Waals surface area contributed by atoms with E-state index in [-0.39, 0.29) is 5.75 Å². The number of benzene rings is 2. The molecule has 0 aliphatic rings. The van der Waals surface area contributed by atoms with E-state index in [0.29, 0.717) is 16.8 Å². The molecular weight excluding hydrogens is 347 g/mol. The van der Waals surface area contributed by atoms with Crippen LogP contribution in [0.5, 0.6) is 5.75 Å². The zero-order valence-corrected chi connectivity index (χ0v) is 13.6. The fourth-order valence-electron chi connectivity index (χ4n) is 2.45. The first kappa shape index (κ1) is 17.5. The summed E-state index contributed by atoms with van der Waals surface area (Å²) in [5.74, 6) is -0.750. The Morgan fingerprint density at radius 1 is 1.19 bits per heavy atom. The van der Waals surface area contributed by atoms with E-state index < -0.39 is 24.0 Å². The van der Waals surface area contributed by atoms with Gasteiger partial charge in [0, 0.05) is 12.6 Å². The van der Waals surface area contributed by atoms with Crippen molar-refractivity contribution in [3.63, 3.8) is 0 Å². The number of rotatable bonds is 4. The van der Waals surface area contributed by atoms with Gasteiger partial charge in [0.15, 0.2) is 11.4 Å². The number of nitrogens with zero attached hydrogens (tertiary/aromatic N) is 2. The standard InChI is InChI=1S/C18H14F3N3O2/c1-24-10-15(16(23-24)17(20)21)26-18(25)22-14-8-3-2-7-13(14)11-5-4-6-12(19)9-11/h2-10,17H,1H3,(H,22,25). The van der Waals surface area contributed by atoms with Crippen LogP contribution in [0.4, 0.5) is 23.7 Å². The largest absolute Gasteiger partial charge is 0.417 e. The summed E-state index contributed by atoms with van der Waals surface area (Å²) in [6.45, 7) is 0. The highest BCUT2D eigenvalue weighted by Gasteiger charge is 2.21. The van der Waals surface area contributed by atoms with Gasteiger partial charge in [0.25, 0.3) is 6.43 Å². The lowest BCUT2D eigenvalue weighted by Gasteiger charge is -2.11. The summed E-state index contributed by atoms with van der Waals surface area (Å²) in [5, 5.41) is 6.05. The highest BCUT2D eigenvalue weighted by Crippen LogP contribution is 2.30. The van der Waals surface area contributed by atoms with Crippen LogP contribution in [0.2, 0.25) is 0 Å². The summed E-state index contributed by atoms with van der Waals surface area (Å²) >= 11 is 0. The predicted octanol–water partition coefficient (Wildman–Crippen LogP) is 4.77. The summed E-state index contributed by atoms with van der Waals surface area (Å²) < 4.78 is 45.4. The van der Waals surface area contributed by atoms with Gasteiger partial charge in [-0.1, -0.05) is 30.3 Å². The van der Waals surface area contributed by atoms with Gasteiger partial charge in [0.1, 0.15) is 5.82 Å². The third-order valence-corrected chi connectivity index (χ3v) is 3.53. The van der Waals surface area contributed by atoms with Crippen molar-refractivity contribution in [1.29, 1.82) is 0 Å². The lowest BCUT2D eigenvalue weighted by atomic mass is 10.0. The van der Waals surface area contributed by atoms with Gasteiger partial charge in [-0.2, -0.15) is 5.10 Å². The van der Waals surface area contributed by atoms with Gasteiger partial charge < -0.3 is 4.74 Å². The Labute approximate surface area is 147 Å². The number of hydrogen-bond donors (Lipinski definition) is 1. The number of aryl methyl sites for hydroxylation is 1. The van der Waals surface area contributed by atoms with Crippen molar-refractivity contribution < 1.29 is 22.7 Å². The molecule has 1 N–H and O–H groups in total. The topological polar surface area (TPSA) is 56.1 Å². The highest BCUT2D eigenvalue weighted by atomic mass is 19.3. The van der Waals surface area contributed by atoms with Crippen LogP contribution in [0.25, 0.3) is 11.1 Å². The number of anilines is 1. The summed E-state index contributed by atoms with van der Waals surface area (Å²) in [5.41, 5.74) is 0.839. The van der Waals surface area contributed by atoms with Crippen molar-refractivity contribution in [2.24, 2.45) is 7.05 Å². The van der Waals surface area contributed by atoms with E-state index >= 15 is 0 Å². The molecule has 1 aromatic heterocycles. The molecule has 0 bridgehead atoms. The van der Waals surface area contributed by atoms with Crippen LogP contribution < -0.4 is 10.1 Å². The minimum absolute atomic E-state index is 0.330. The van der Waals surface area contributed by atoms with Gasteiger partial charge in [-0.15, -0.1) is 0 Å². The molecule has 1 amide bonds. The van der Waals surface area contributed by atoms with Crippen molar-refractivity contribution in [3.8, 4) is 16.9 Å². The molecule has 0 fully saturated rings. The second-order valence-electron chi connectivity index (χ2n) is 5.42. The number of aromatic nitrogens is 2. The fourth-order valence-corrected chi connectivity index (χ4v) is 2.45. The second-order valence-corrected chi connectivity index (χ2v) is 5.42. The molecule has 0 aliphatic heterocycles. The molecule has 3 rings (SSSR count). The van der Waals surface area contributed by atoms with Crippen LogP contribution >= 0.6 is 0 Å². The Bertz CT molecular complexity index is 941. The number of amides is 1. The van der Waals surface area contributed by atoms with Crippen molar-refractivity contribution >= 4 is 11.8 Å². The zero-order valence-electron chi connectivity index (χ0n) is 13.6. The Morgan fingerprint density at radius 3 is 2.69 bits per heavy atom. The maximum atomic E-state index is 13.5. The van der Waals surface area contributed by atoms with Crippen LogP contribution in [-0.2, 0) is 7.05 Å². The van der Waals surface area contributed by atoms with Gasteiger partial charge in [-0.25, -0.2) is 18.0 Å². The van der Waals surface area contributed by atoms with Gasteiger partial charge >= 0.3 is 6.09 Å². The average Bonchev–Trinajstić information content (AvgIpc) is 2.96. The Kier molecular flexibility index (Phi) is 4.92. The van der Waals surface area contributed by atoms with E-state index in [2.05, 4.69) is 10.4 Å². The smallest absolute Gasteiger partial charge is 0.406 e. The van der Waals surface area contributed by atoms with Crippen molar-refractivity contribution in [3.05, 3.63) is 66.2 Å².